The van der Waals surface area contributed by atoms with Crippen molar-refractivity contribution in [1.82, 2.24) is 5.32 Å². The van der Waals surface area contributed by atoms with E-state index in [0.29, 0.717) is 11.7 Å². The highest BCUT2D eigenvalue weighted by Gasteiger charge is 2.14. The standard InChI is InChI=1S/C9H16N2O/c1-7(9(10)12)11-8-5-3-2-4-6-8/h8,11H,1-6H2,(H2,10,12). The largest absolute Gasteiger partial charge is 0.378 e. The molecule has 0 aromatic rings. The minimum Gasteiger partial charge on any atom is -0.378 e. The summed E-state index contributed by atoms with van der Waals surface area (Å²) < 4.78 is 0. The lowest BCUT2D eigenvalue weighted by atomic mass is 9.95. The van der Waals surface area contributed by atoms with Gasteiger partial charge in [-0.2, -0.15) is 0 Å². The number of nitrogens with two attached hydrogens (primary N) is 1. The van der Waals surface area contributed by atoms with Crippen molar-refractivity contribution < 1.29 is 4.79 Å². The molecule has 0 heterocycles. The van der Waals surface area contributed by atoms with Gasteiger partial charge in [0.1, 0.15) is 0 Å². The highest BCUT2D eigenvalue weighted by molar-refractivity contribution is 5.90. The highest BCUT2D eigenvalue weighted by atomic mass is 16.1. The molecule has 3 N–H and O–H groups in total. The molecule has 0 saturated heterocycles. The van der Waals surface area contributed by atoms with E-state index >= 15 is 0 Å². The van der Waals surface area contributed by atoms with Crippen molar-refractivity contribution in [2.45, 2.75) is 38.1 Å². The monoisotopic (exact) mass is 168 g/mol. The van der Waals surface area contributed by atoms with Gasteiger partial charge in [0.2, 0.25) is 0 Å². The van der Waals surface area contributed by atoms with Gasteiger partial charge in [0.05, 0.1) is 5.70 Å². The summed E-state index contributed by atoms with van der Waals surface area (Å²) in [5.41, 5.74) is 5.40. The predicted molar refractivity (Wildman–Crippen MR) is 48.3 cm³/mol. The first kappa shape index (κ1) is 9.10. The first-order valence-corrected chi connectivity index (χ1v) is 4.45. The van der Waals surface area contributed by atoms with E-state index in [2.05, 4.69) is 11.9 Å². The smallest absolute Gasteiger partial charge is 0.264 e. The molecule has 1 fully saturated rings. The quantitative estimate of drug-likeness (QED) is 0.615. The van der Waals surface area contributed by atoms with Gasteiger partial charge in [-0.05, 0) is 12.8 Å². The maximum atomic E-state index is 10.6. The van der Waals surface area contributed by atoms with Crippen LogP contribution in [0.15, 0.2) is 12.3 Å². The number of nitrogens with one attached hydrogen (secondary N) is 1. The van der Waals surface area contributed by atoms with E-state index in [-0.39, 0.29) is 0 Å². The molecule has 1 aliphatic carbocycles. The predicted octanol–water partition coefficient (Wildman–Crippen LogP) is 0.908. The van der Waals surface area contributed by atoms with Gasteiger partial charge in [-0.3, -0.25) is 4.79 Å². The number of rotatable bonds is 3. The SMILES string of the molecule is C=C(NC1CCCCC1)C(N)=O. The molecule has 0 aromatic carbocycles. The van der Waals surface area contributed by atoms with Gasteiger partial charge in [-0.25, -0.2) is 0 Å². The molecule has 1 rings (SSSR count). The maximum Gasteiger partial charge on any atom is 0.264 e. The molecule has 0 bridgehead atoms. The first-order chi connectivity index (χ1) is 5.70. The van der Waals surface area contributed by atoms with Crippen molar-refractivity contribution in [2.24, 2.45) is 5.73 Å². The Balaban J connectivity index is 2.29. The number of primary amides is 1. The van der Waals surface area contributed by atoms with Crippen LogP contribution in [0, 0.1) is 0 Å². The summed E-state index contributed by atoms with van der Waals surface area (Å²) in [7, 11) is 0. The zero-order chi connectivity index (χ0) is 8.97. The van der Waals surface area contributed by atoms with Gasteiger partial charge in [-0.15, -0.1) is 0 Å². The van der Waals surface area contributed by atoms with Crippen LogP contribution in [-0.4, -0.2) is 11.9 Å². The molecule has 0 aliphatic heterocycles. The van der Waals surface area contributed by atoms with E-state index < -0.39 is 5.91 Å². The van der Waals surface area contributed by atoms with E-state index in [9.17, 15) is 4.79 Å². The summed E-state index contributed by atoms with van der Waals surface area (Å²) >= 11 is 0. The van der Waals surface area contributed by atoms with Crippen molar-refractivity contribution in [2.75, 3.05) is 0 Å². The van der Waals surface area contributed by atoms with Crippen LogP contribution in [0.1, 0.15) is 32.1 Å². The van der Waals surface area contributed by atoms with Crippen LogP contribution in [0.25, 0.3) is 0 Å². The molecule has 12 heavy (non-hydrogen) atoms. The molecular weight excluding hydrogens is 152 g/mol. The minimum absolute atomic E-state index is 0.349. The van der Waals surface area contributed by atoms with Crippen molar-refractivity contribution in [1.29, 1.82) is 0 Å². The molecule has 0 spiro atoms. The van der Waals surface area contributed by atoms with Crippen molar-refractivity contribution >= 4 is 5.91 Å². The van der Waals surface area contributed by atoms with Crippen LogP contribution < -0.4 is 11.1 Å². The Labute approximate surface area is 73.0 Å². The molecule has 1 saturated carbocycles. The van der Waals surface area contributed by atoms with Gasteiger partial charge in [0, 0.05) is 6.04 Å². The van der Waals surface area contributed by atoms with Gasteiger partial charge >= 0.3 is 0 Å². The number of hydrogen-bond donors (Lipinski definition) is 2. The summed E-state index contributed by atoms with van der Waals surface area (Å²) in [6, 6.07) is 0.416. The highest BCUT2D eigenvalue weighted by Crippen LogP contribution is 2.17. The Bertz CT molecular complexity index is 183. The summed E-state index contributed by atoms with van der Waals surface area (Å²) in [6.45, 7) is 3.56. The summed E-state index contributed by atoms with van der Waals surface area (Å²) in [5, 5.41) is 3.05. The summed E-state index contributed by atoms with van der Waals surface area (Å²) in [5.74, 6) is -0.444. The molecule has 3 nitrogen and oxygen atoms in total. The van der Waals surface area contributed by atoms with Crippen molar-refractivity contribution in [3.8, 4) is 0 Å². The molecule has 0 atom stereocenters. The van der Waals surface area contributed by atoms with E-state index in [1.807, 2.05) is 0 Å². The molecular formula is C9H16N2O. The summed E-state index contributed by atoms with van der Waals surface area (Å²) in [4.78, 5) is 10.6. The van der Waals surface area contributed by atoms with Crippen LogP contribution in [0.5, 0.6) is 0 Å². The van der Waals surface area contributed by atoms with Crippen LogP contribution in [0.2, 0.25) is 0 Å². The van der Waals surface area contributed by atoms with Gasteiger partial charge in [0.15, 0.2) is 0 Å². The Morgan fingerprint density at radius 2 is 1.92 bits per heavy atom. The summed E-state index contributed by atoms with van der Waals surface area (Å²) in [6.07, 6.45) is 6.05. The van der Waals surface area contributed by atoms with E-state index in [1.165, 1.54) is 19.3 Å². The lowest BCUT2D eigenvalue weighted by Gasteiger charge is -2.23. The third-order valence-electron chi connectivity index (χ3n) is 2.28. The topological polar surface area (TPSA) is 55.1 Å². The minimum atomic E-state index is -0.444. The fraction of sp³-hybridized carbons (Fsp3) is 0.667. The fourth-order valence-corrected chi connectivity index (χ4v) is 1.56. The fourth-order valence-electron chi connectivity index (χ4n) is 1.56. The van der Waals surface area contributed by atoms with Crippen molar-refractivity contribution in [3.05, 3.63) is 12.3 Å². The average molecular weight is 168 g/mol. The average Bonchev–Trinajstić information content (AvgIpc) is 2.06. The molecule has 0 radical (unpaired) electrons. The number of hydrogen-bond acceptors (Lipinski definition) is 2. The van der Waals surface area contributed by atoms with Gasteiger partial charge < -0.3 is 11.1 Å². The van der Waals surface area contributed by atoms with Crippen LogP contribution in [-0.2, 0) is 4.79 Å². The molecule has 1 amide bonds. The third kappa shape index (κ3) is 2.57. The van der Waals surface area contributed by atoms with E-state index in [4.69, 9.17) is 5.73 Å². The van der Waals surface area contributed by atoms with E-state index in [1.54, 1.807) is 0 Å². The number of amides is 1. The third-order valence-corrected chi connectivity index (χ3v) is 2.28. The van der Waals surface area contributed by atoms with Gasteiger partial charge in [-0.1, -0.05) is 25.8 Å². The van der Waals surface area contributed by atoms with E-state index in [0.717, 1.165) is 12.8 Å². The van der Waals surface area contributed by atoms with Crippen molar-refractivity contribution in [3.63, 3.8) is 0 Å². The van der Waals surface area contributed by atoms with Crippen LogP contribution in [0.3, 0.4) is 0 Å². The van der Waals surface area contributed by atoms with Crippen LogP contribution in [0.4, 0.5) is 0 Å². The lowest BCUT2D eigenvalue weighted by Crippen LogP contribution is -2.35. The molecule has 3 heteroatoms. The van der Waals surface area contributed by atoms with Gasteiger partial charge in [0.25, 0.3) is 5.91 Å². The lowest BCUT2D eigenvalue weighted by molar-refractivity contribution is -0.115. The molecule has 68 valence electrons. The second kappa shape index (κ2) is 4.14. The second-order valence-electron chi connectivity index (χ2n) is 3.32. The van der Waals surface area contributed by atoms with Crippen LogP contribution >= 0.6 is 0 Å². The molecule has 0 unspecified atom stereocenters. The number of carbonyl (C=O) groups excluding carboxylic acids is 1. The molecule has 1 aliphatic rings. The molecule has 0 aromatic heterocycles. The Kier molecular flexibility index (Phi) is 3.14. The maximum absolute atomic E-state index is 10.6. The zero-order valence-electron chi connectivity index (χ0n) is 7.31. The normalized spacial score (nSPS) is 18.7. The zero-order valence-corrected chi connectivity index (χ0v) is 7.31. The Morgan fingerprint density at radius 3 is 2.42 bits per heavy atom. The second-order valence-corrected chi connectivity index (χ2v) is 3.32. The Morgan fingerprint density at radius 1 is 1.33 bits per heavy atom. The number of carbonyl (C=O) groups is 1. The Hall–Kier alpha value is -0.990. The first-order valence-electron chi connectivity index (χ1n) is 4.45.